The lowest BCUT2D eigenvalue weighted by atomic mass is 9.93. The molecule has 0 spiro atoms. The van der Waals surface area contributed by atoms with E-state index in [1.807, 2.05) is 18.2 Å². The molecule has 4 nitrogen and oxygen atoms in total. The monoisotopic (exact) mass is 289 g/mol. The Labute approximate surface area is 125 Å². The van der Waals surface area contributed by atoms with E-state index in [9.17, 15) is 9.59 Å². The van der Waals surface area contributed by atoms with Crippen molar-refractivity contribution < 1.29 is 14.7 Å². The van der Waals surface area contributed by atoms with Crippen molar-refractivity contribution in [1.29, 1.82) is 0 Å². The van der Waals surface area contributed by atoms with Gasteiger partial charge in [-0.05, 0) is 37.2 Å². The van der Waals surface area contributed by atoms with Gasteiger partial charge in [0.15, 0.2) is 0 Å². The Hall–Kier alpha value is -1.84. The minimum absolute atomic E-state index is 0.0203. The molecule has 0 bridgehead atoms. The summed E-state index contributed by atoms with van der Waals surface area (Å²) < 4.78 is 0. The van der Waals surface area contributed by atoms with Crippen LogP contribution in [0.15, 0.2) is 30.3 Å². The average Bonchev–Trinajstić information content (AvgIpc) is 2.94. The number of hydrogen-bond acceptors (Lipinski definition) is 2. The third-order valence-electron chi connectivity index (χ3n) is 4.34. The van der Waals surface area contributed by atoms with Crippen LogP contribution in [0.4, 0.5) is 0 Å². The molecule has 1 unspecified atom stereocenters. The fourth-order valence-electron chi connectivity index (χ4n) is 3.07. The molecule has 21 heavy (non-hydrogen) atoms. The van der Waals surface area contributed by atoms with Crippen molar-refractivity contribution >= 4 is 11.9 Å². The van der Waals surface area contributed by atoms with Crippen molar-refractivity contribution in [3.05, 3.63) is 35.9 Å². The normalized spacial score (nSPS) is 22.7. The Bertz CT molecular complexity index is 486. The zero-order chi connectivity index (χ0) is 15.2. The summed E-state index contributed by atoms with van der Waals surface area (Å²) in [5, 5.41) is 12.0. The van der Waals surface area contributed by atoms with Crippen LogP contribution < -0.4 is 5.32 Å². The number of aliphatic carboxylic acids is 1. The van der Waals surface area contributed by atoms with Gasteiger partial charge in [-0.15, -0.1) is 0 Å². The van der Waals surface area contributed by atoms with Gasteiger partial charge in [-0.1, -0.05) is 37.3 Å². The van der Waals surface area contributed by atoms with Gasteiger partial charge < -0.3 is 10.4 Å². The Morgan fingerprint density at radius 1 is 1.29 bits per heavy atom. The van der Waals surface area contributed by atoms with Crippen LogP contribution in [-0.2, 0) is 9.59 Å². The first-order valence-corrected chi connectivity index (χ1v) is 7.67. The number of carboxylic acid groups (broad SMARTS) is 1. The second-order valence-corrected chi connectivity index (χ2v) is 5.83. The highest BCUT2D eigenvalue weighted by Crippen LogP contribution is 2.27. The third kappa shape index (κ3) is 4.31. The Kier molecular flexibility index (Phi) is 5.37. The van der Waals surface area contributed by atoms with Crippen LogP contribution in [0.5, 0.6) is 0 Å². The highest BCUT2D eigenvalue weighted by molar-refractivity contribution is 5.77. The second-order valence-electron chi connectivity index (χ2n) is 5.83. The number of nitrogens with one attached hydrogen (secondary N) is 1. The third-order valence-corrected chi connectivity index (χ3v) is 4.34. The molecule has 2 rings (SSSR count). The second kappa shape index (κ2) is 7.25. The van der Waals surface area contributed by atoms with E-state index in [0.29, 0.717) is 19.3 Å². The first-order chi connectivity index (χ1) is 10.1. The summed E-state index contributed by atoms with van der Waals surface area (Å²) in [6, 6.07) is 10.1. The Morgan fingerprint density at radius 3 is 2.57 bits per heavy atom. The molecule has 3 atom stereocenters. The van der Waals surface area contributed by atoms with Gasteiger partial charge in [0.05, 0.1) is 5.92 Å². The average molecular weight is 289 g/mol. The maximum atomic E-state index is 12.2. The van der Waals surface area contributed by atoms with Gasteiger partial charge in [0.2, 0.25) is 5.91 Å². The lowest BCUT2D eigenvalue weighted by Crippen LogP contribution is -2.34. The predicted octanol–water partition coefficient (Wildman–Crippen LogP) is 2.94. The van der Waals surface area contributed by atoms with Gasteiger partial charge in [-0.3, -0.25) is 9.59 Å². The highest BCUT2D eigenvalue weighted by Gasteiger charge is 2.30. The molecule has 0 radical (unpaired) electrons. The first-order valence-electron chi connectivity index (χ1n) is 7.67. The number of amides is 1. The Balaban J connectivity index is 1.85. The molecule has 1 aliphatic rings. The van der Waals surface area contributed by atoms with E-state index in [1.54, 1.807) is 0 Å². The first kappa shape index (κ1) is 15.5. The van der Waals surface area contributed by atoms with Crippen LogP contribution in [-0.4, -0.2) is 23.0 Å². The van der Waals surface area contributed by atoms with Crippen molar-refractivity contribution in [2.75, 3.05) is 0 Å². The lowest BCUT2D eigenvalue weighted by molar-refractivity contribution is -0.141. The van der Waals surface area contributed by atoms with Gasteiger partial charge >= 0.3 is 5.97 Å². The zero-order valence-corrected chi connectivity index (χ0v) is 12.4. The van der Waals surface area contributed by atoms with E-state index in [4.69, 9.17) is 5.11 Å². The summed E-state index contributed by atoms with van der Waals surface area (Å²) in [6.07, 6.45) is 3.37. The molecule has 0 aromatic heterocycles. The number of carboxylic acids is 1. The topological polar surface area (TPSA) is 66.4 Å². The van der Waals surface area contributed by atoms with Crippen molar-refractivity contribution in [1.82, 2.24) is 5.32 Å². The minimum Gasteiger partial charge on any atom is -0.481 e. The summed E-state index contributed by atoms with van der Waals surface area (Å²) in [5.41, 5.74) is 1.19. The smallest absolute Gasteiger partial charge is 0.306 e. The molecule has 1 aromatic carbocycles. The van der Waals surface area contributed by atoms with E-state index in [1.165, 1.54) is 5.56 Å². The summed E-state index contributed by atoms with van der Waals surface area (Å²) in [5.74, 6) is -0.793. The number of hydrogen-bond donors (Lipinski definition) is 2. The molecule has 1 saturated carbocycles. The van der Waals surface area contributed by atoms with Crippen LogP contribution in [0.1, 0.15) is 50.5 Å². The SMILES string of the molecule is CCC(CC(=O)N[C@H]1CC[C@@H](C(=O)O)C1)c1ccccc1. The molecule has 0 aliphatic heterocycles. The molecule has 4 heteroatoms. The van der Waals surface area contributed by atoms with E-state index in [-0.39, 0.29) is 23.8 Å². The molecule has 114 valence electrons. The van der Waals surface area contributed by atoms with Crippen LogP contribution in [0.2, 0.25) is 0 Å². The predicted molar refractivity (Wildman–Crippen MR) is 81.0 cm³/mol. The summed E-state index contributed by atoms with van der Waals surface area (Å²) in [7, 11) is 0. The summed E-state index contributed by atoms with van der Waals surface area (Å²) in [6.45, 7) is 2.08. The van der Waals surface area contributed by atoms with E-state index >= 15 is 0 Å². The molecule has 1 aromatic rings. The van der Waals surface area contributed by atoms with Crippen molar-refractivity contribution in [2.24, 2.45) is 5.92 Å². The minimum atomic E-state index is -0.748. The molecule has 2 N–H and O–H groups in total. The lowest BCUT2D eigenvalue weighted by Gasteiger charge is -2.17. The number of rotatable bonds is 6. The Morgan fingerprint density at radius 2 is 2.00 bits per heavy atom. The number of carbonyl (C=O) groups is 2. The van der Waals surface area contributed by atoms with Crippen LogP contribution in [0, 0.1) is 5.92 Å². The number of carbonyl (C=O) groups excluding carboxylic acids is 1. The molecule has 0 heterocycles. The molecule has 1 fully saturated rings. The maximum Gasteiger partial charge on any atom is 0.306 e. The van der Waals surface area contributed by atoms with E-state index in [2.05, 4.69) is 24.4 Å². The van der Waals surface area contributed by atoms with Crippen molar-refractivity contribution in [2.45, 2.75) is 51.0 Å². The van der Waals surface area contributed by atoms with E-state index in [0.717, 1.165) is 12.8 Å². The summed E-state index contributed by atoms with van der Waals surface area (Å²) in [4.78, 5) is 23.1. The quantitative estimate of drug-likeness (QED) is 0.846. The van der Waals surface area contributed by atoms with Crippen LogP contribution in [0.25, 0.3) is 0 Å². The van der Waals surface area contributed by atoms with Crippen LogP contribution >= 0.6 is 0 Å². The fraction of sp³-hybridized carbons (Fsp3) is 0.529. The zero-order valence-electron chi connectivity index (χ0n) is 12.4. The van der Waals surface area contributed by atoms with Gasteiger partial charge in [-0.2, -0.15) is 0 Å². The molecule has 0 saturated heterocycles. The molecular formula is C17H23NO3. The summed E-state index contributed by atoms with van der Waals surface area (Å²) >= 11 is 0. The van der Waals surface area contributed by atoms with Gasteiger partial charge in [0, 0.05) is 12.5 Å². The van der Waals surface area contributed by atoms with Gasteiger partial charge in [0.25, 0.3) is 0 Å². The largest absolute Gasteiger partial charge is 0.481 e. The molecule has 1 aliphatic carbocycles. The number of benzene rings is 1. The van der Waals surface area contributed by atoms with Gasteiger partial charge in [0.1, 0.15) is 0 Å². The van der Waals surface area contributed by atoms with Gasteiger partial charge in [-0.25, -0.2) is 0 Å². The highest BCUT2D eigenvalue weighted by atomic mass is 16.4. The van der Waals surface area contributed by atoms with E-state index < -0.39 is 5.97 Å². The molecular weight excluding hydrogens is 266 g/mol. The maximum absolute atomic E-state index is 12.2. The van der Waals surface area contributed by atoms with Crippen LogP contribution in [0.3, 0.4) is 0 Å². The molecule has 1 amide bonds. The van der Waals surface area contributed by atoms with Crippen molar-refractivity contribution in [3.63, 3.8) is 0 Å². The standard InChI is InChI=1S/C17H23NO3/c1-2-12(13-6-4-3-5-7-13)11-16(19)18-15-9-8-14(10-15)17(20)21/h3-7,12,14-15H,2,8-11H2,1H3,(H,18,19)(H,20,21)/t12?,14-,15+/m1/s1. The fourth-order valence-corrected chi connectivity index (χ4v) is 3.07. The van der Waals surface area contributed by atoms with Crippen molar-refractivity contribution in [3.8, 4) is 0 Å².